The smallest absolute Gasteiger partial charge is 0.408 e. The molecular formula is C19H26FN3O3S. The number of rotatable bonds is 7. The maximum absolute atomic E-state index is 13.3. The fraction of sp³-hybridized carbons (Fsp3) is 0.526. The van der Waals surface area contributed by atoms with Crippen LogP contribution in [0.3, 0.4) is 0 Å². The molecule has 0 fully saturated rings. The zero-order valence-corrected chi connectivity index (χ0v) is 17.1. The Morgan fingerprint density at radius 2 is 2.11 bits per heavy atom. The Morgan fingerprint density at radius 3 is 2.74 bits per heavy atom. The van der Waals surface area contributed by atoms with Crippen LogP contribution >= 0.6 is 11.8 Å². The number of hydrogen-bond acceptors (Lipinski definition) is 6. The van der Waals surface area contributed by atoms with Crippen LogP contribution in [0.4, 0.5) is 9.18 Å². The first-order valence-electron chi connectivity index (χ1n) is 8.88. The van der Waals surface area contributed by atoms with E-state index in [4.69, 9.17) is 9.15 Å². The molecule has 148 valence electrons. The Labute approximate surface area is 163 Å². The van der Waals surface area contributed by atoms with Crippen LogP contribution in [0.2, 0.25) is 0 Å². The summed E-state index contributed by atoms with van der Waals surface area (Å²) >= 11 is 1.32. The van der Waals surface area contributed by atoms with Gasteiger partial charge in [0.15, 0.2) is 0 Å². The van der Waals surface area contributed by atoms with Gasteiger partial charge in [0.2, 0.25) is 5.89 Å². The molecule has 2 rings (SSSR count). The SMILES string of the molecule is CCC(C)C(NC(=O)OC(C)(C)C)c1nnc(SCc2cccc(F)c2)o1. The summed E-state index contributed by atoms with van der Waals surface area (Å²) < 4.78 is 24.3. The molecule has 2 aromatic rings. The monoisotopic (exact) mass is 395 g/mol. The van der Waals surface area contributed by atoms with Crippen LogP contribution in [0.25, 0.3) is 0 Å². The Hall–Kier alpha value is -2.09. The Kier molecular flexibility index (Phi) is 7.24. The van der Waals surface area contributed by atoms with E-state index in [1.54, 1.807) is 26.8 Å². The van der Waals surface area contributed by atoms with Gasteiger partial charge in [0, 0.05) is 5.75 Å². The lowest BCUT2D eigenvalue weighted by Gasteiger charge is -2.24. The van der Waals surface area contributed by atoms with Gasteiger partial charge in [-0.1, -0.05) is 44.2 Å². The van der Waals surface area contributed by atoms with E-state index in [1.807, 2.05) is 19.9 Å². The van der Waals surface area contributed by atoms with Crippen molar-refractivity contribution >= 4 is 17.9 Å². The van der Waals surface area contributed by atoms with Crippen LogP contribution < -0.4 is 5.32 Å². The number of hydrogen-bond donors (Lipinski definition) is 1. The Balaban J connectivity index is 2.05. The lowest BCUT2D eigenvalue weighted by molar-refractivity contribution is 0.0473. The van der Waals surface area contributed by atoms with Crippen molar-refractivity contribution < 1.29 is 18.3 Å². The van der Waals surface area contributed by atoms with E-state index < -0.39 is 17.7 Å². The van der Waals surface area contributed by atoms with Crippen LogP contribution in [-0.2, 0) is 10.5 Å². The van der Waals surface area contributed by atoms with Gasteiger partial charge in [-0.3, -0.25) is 0 Å². The molecule has 1 amide bonds. The molecular weight excluding hydrogens is 369 g/mol. The van der Waals surface area contributed by atoms with Crippen LogP contribution in [0, 0.1) is 11.7 Å². The van der Waals surface area contributed by atoms with E-state index in [-0.39, 0.29) is 11.7 Å². The second kappa shape index (κ2) is 9.21. The second-order valence-corrected chi connectivity index (χ2v) is 8.26. The number of carbonyl (C=O) groups excluding carboxylic acids is 1. The van der Waals surface area contributed by atoms with Crippen LogP contribution in [0.15, 0.2) is 33.9 Å². The number of thioether (sulfide) groups is 1. The molecule has 0 aliphatic rings. The highest BCUT2D eigenvalue weighted by Gasteiger charge is 2.28. The van der Waals surface area contributed by atoms with Gasteiger partial charge in [-0.25, -0.2) is 9.18 Å². The van der Waals surface area contributed by atoms with E-state index in [1.165, 1.54) is 23.9 Å². The number of halogens is 1. The highest BCUT2D eigenvalue weighted by atomic mass is 32.2. The van der Waals surface area contributed by atoms with E-state index in [2.05, 4.69) is 15.5 Å². The van der Waals surface area contributed by atoms with E-state index in [0.29, 0.717) is 16.9 Å². The predicted octanol–water partition coefficient (Wildman–Crippen LogP) is 5.11. The molecule has 1 aromatic heterocycles. The minimum Gasteiger partial charge on any atom is -0.444 e. The summed E-state index contributed by atoms with van der Waals surface area (Å²) in [5.41, 5.74) is 0.232. The third kappa shape index (κ3) is 6.86. The summed E-state index contributed by atoms with van der Waals surface area (Å²) in [6, 6.07) is 5.92. The lowest BCUT2D eigenvalue weighted by Crippen LogP contribution is -2.37. The molecule has 0 radical (unpaired) electrons. The topological polar surface area (TPSA) is 77.2 Å². The summed E-state index contributed by atoms with van der Waals surface area (Å²) in [7, 11) is 0. The van der Waals surface area contributed by atoms with Crippen molar-refractivity contribution in [2.45, 2.75) is 63.7 Å². The standard InChI is InChI=1S/C19H26FN3O3S/c1-6-12(2)15(21-17(24)26-19(3,4)5)16-22-23-18(25-16)27-11-13-8-7-9-14(20)10-13/h7-10,12,15H,6,11H2,1-5H3,(H,21,24). The number of aromatic nitrogens is 2. The summed E-state index contributed by atoms with van der Waals surface area (Å²) in [6.45, 7) is 9.42. The van der Waals surface area contributed by atoms with Gasteiger partial charge in [0.1, 0.15) is 17.5 Å². The lowest BCUT2D eigenvalue weighted by atomic mass is 9.99. The van der Waals surface area contributed by atoms with Gasteiger partial charge in [0.05, 0.1) is 0 Å². The Morgan fingerprint density at radius 1 is 1.37 bits per heavy atom. The maximum Gasteiger partial charge on any atom is 0.408 e. The van der Waals surface area contributed by atoms with Gasteiger partial charge in [-0.15, -0.1) is 10.2 Å². The number of alkyl carbamates (subject to hydrolysis) is 1. The molecule has 2 unspecified atom stereocenters. The molecule has 27 heavy (non-hydrogen) atoms. The van der Waals surface area contributed by atoms with Crippen LogP contribution in [-0.4, -0.2) is 21.9 Å². The first-order chi connectivity index (χ1) is 12.7. The van der Waals surface area contributed by atoms with Crippen molar-refractivity contribution in [2.24, 2.45) is 5.92 Å². The average Bonchev–Trinajstić information content (AvgIpc) is 3.04. The molecule has 0 saturated heterocycles. The molecule has 1 heterocycles. The number of benzene rings is 1. The molecule has 1 N–H and O–H groups in total. The van der Waals surface area contributed by atoms with Crippen molar-refractivity contribution in [1.29, 1.82) is 0 Å². The van der Waals surface area contributed by atoms with Crippen molar-refractivity contribution in [1.82, 2.24) is 15.5 Å². The Bertz CT molecular complexity index is 761. The van der Waals surface area contributed by atoms with E-state index in [9.17, 15) is 9.18 Å². The normalized spacial score (nSPS) is 13.9. The average molecular weight is 396 g/mol. The third-order valence-corrected chi connectivity index (χ3v) is 4.71. The van der Waals surface area contributed by atoms with Crippen LogP contribution in [0.1, 0.15) is 58.5 Å². The third-order valence-electron chi connectivity index (χ3n) is 3.82. The van der Waals surface area contributed by atoms with E-state index >= 15 is 0 Å². The van der Waals surface area contributed by atoms with Gasteiger partial charge in [-0.05, 0) is 44.4 Å². The van der Waals surface area contributed by atoms with Crippen molar-refractivity contribution in [3.8, 4) is 0 Å². The molecule has 0 spiro atoms. The van der Waals surface area contributed by atoms with Crippen molar-refractivity contribution in [2.75, 3.05) is 0 Å². The fourth-order valence-corrected chi connectivity index (χ4v) is 3.01. The number of nitrogens with one attached hydrogen (secondary N) is 1. The molecule has 2 atom stereocenters. The van der Waals surface area contributed by atoms with Gasteiger partial charge >= 0.3 is 6.09 Å². The van der Waals surface area contributed by atoms with Crippen LogP contribution in [0.5, 0.6) is 0 Å². The largest absolute Gasteiger partial charge is 0.444 e. The molecule has 0 aliphatic carbocycles. The van der Waals surface area contributed by atoms with Gasteiger partial charge in [-0.2, -0.15) is 0 Å². The summed E-state index contributed by atoms with van der Waals surface area (Å²) in [6.07, 6.45) is 0.286. The highest BCUT2D eigenvalue weighted by Crippen LogP contribution is 2.28. The quantitative estimate of drug-likeness (QED) is 0.656. The molecule has 1 aromatic carbocycles. The number of carbonyl (C=O) groups is 1. The molecule has 0 aliphatic heterocycles. The van der Waals surface area contributed by atoms with Crippen molar-refractivity contribution in [3.05, 3.63) is 41.5 Å². The fourth-order valence-electron chi connectivity index (χ4n) is 2.29. The number of ether oxygens (including phenoxy) is 1. The first-order valence-corrected chi connectivity index (χ1v) is 9.86. The number of nitrogens with zero attached hydrogens (tertiary/aromatic N) is 2. The van der Waals surface area contributed by atoms with Gasteiger partial charge in [0.25, 0.3) is 5.22 Å². The van der Waals surface area contributed by atoms with E-state index in [0.717, 1.165) is 12.0 Å². The summed E-state index contributed by atoms with van der Waals surface area (Å²) in [5.74, 6) is 0.640. The molecule has 6 nitrogen and oxygen atoms in total. The minimum absolute atomic E-state index is 0.0824. The summed E-state index contributed by atoms with van der Waals surface area (Å²) in [5, 5.41) is 11.3. The zero-order chi connectivity index (χ0) is 20.0. The van der Waals surface area contributed by atoms with Crippen molar-refractivity contribution in [3.63, 3.8) is 0 Å². The van der Waals surface area contributed by atoms with Gasteiger partial charge < -0.3 is 14.5 Å². The minimum atomic E-state index is -0.592. The molecule has 8 heteroatoms. The highest BCUT2D eigenvalue weighted by molar-refractivity contribution is 7.98. The summed E-state index contributed by atoms with van der Waals surface area (Å²) in [4.78, 5) is 12.1. The molecule has 0 bridgehead atoms. The molecule has 0 saturated carbocycles. The maximum atomic E-state index is 13.3. The second-order valence-electron chi connectivity index (χ2n) is 7.33. The number of amides is 1. The predicted molar refractivity (Wildman–Crippen MR) is 102 cm³/mol. The zero-order valence-electron chi connectivity index (χ0n) is 16.3. The first kappa shape index (κ1) is 21.2.